The number of anilines is 1. The lowest BCUT2D eigenvalue weighted by Crippen LogP contribution is -2.36. The predicted octanol–water partition coefficient (Wildman–Crippen LogP) is 2.45. The second kappa shape index (κ2) is 5.47. The SMILES string of the molecule is CC(C)(CO)c1ccc(N2CCOCC2)c(Cl)c1. The van der Waals surface area contributed by atoms with E-state index in [4.69, 9.17) is 16.3 Å². The van der Waals surface area contributed by atoms with Gasteiger partial charge in [0.1, 0.15) is 0 Å². The van der Waals surface area contributed by atoms with Crippen molar-refractivity contribution in [3.63, 3.8) is 0 Å². The first-order chi connectivity index (χ1) is 8.54. The number of aliphatic hydroxyl groups is 1. The van der Waals surface area contributed by atoms with Crippen molar-refractivity contribution in [1.82, 2.24) is 0 Å². The number of ether oxygens (including phenoxy) is 1. The highest BCUT2D eigenvalue weighted by molar-refractivity contribution is 6.33. The number of rotatable bonds is 3. The van der Waals surface area contributed by atoms with Crippen LogP contribution in [0.15, 0.2) is 18.2 Å². The van der Waals surface area contributed by atoms with E-state index in [1.807, 2.05) is 32.0 Å². The molecule has 0 atom stereocenters. The lowest BCUT2D eigenvalue weighted by Gasteiger charge is -2.30. The molecule has 0 unspecified atom stereocenters. The van der Waals surface area contributed by atoms with Crippen LogP contribution in [-0.4, -0.2) is 38.0 Å². The number of benzene rings is 1. The lowest BCUT2D eigenvalue weighted by atomic mass is 9.85. The minimum Gasteiger partial charge on any atom is -0.395 e. The Morgan fingerprint density at radius 1 is 1.33 bits per heavy atom. The number of morpholine rings is 1. The highest BCUT2D eigenvalue weighted by Gasteiger charge is 2.21. The third-order valence-electron chi connectivity index (χ3n) is 3.48. The molecule has 1 aromatic rings. The molecule has 1 aliphatic rings. The summed E-state index contributed by atoms with van der Waals surface area (Å²) in [6.45, 7) is 7.38. The van der Waals surface area contributed by atoms with Gasteiger partial charge in [-0.2, -0.15) is 0 Å². The van der Waals surface area contributed by atoms with E-state index in [-0.39, 0.29) is 12.0 Å². The molecule has 4 heteroatoms. The van der Waals surface area contributed by atoms with E-state index in [0.717, 1.165) is 42.6 Å². The van der Waals surface area contributed by atoms with Gasteiger partial charge >= 0.3 is 0 Å². The molecule has 0 spiro atoms. The molecule has 2 rings (SSSR count). The van der Waals surface area contributed by atoms with Gasteiger partial charge in [0.25, 0.3) is 0 Å². The summed E-state index contributed by atoms with van der Waals surface area (Å²) in [5.41, 5.74) is 1.86. The maximum Gasteiger partial charge on any atom is 0.0642 e. The Morgan fingerprint density at radius 3 is 2.56 bits per heavy atom. The van der Waals surface area contributed by atoms with E-state index in [9.17, 15) is 5.11 Å². The molecule has 1 aliphatic heterocycles. The molecule has 0 saturated carbocycles. The third kappa shape index (κ3) is 2.79. The van der Waals surface area contributed by atoms with Crippen LogP contribution in [0, 0.1) is 0 Å². The Balaban J connectivity index is 2.24. The number of aliphatic hydroxyl groups excluding tert-OH is 1. The first-order valence-corrected chi connectivity index (χ1v) is 6.66. The van der Waals surface area contributed by atoms with Crippen molar-refractivity contribution >= 4 is 17.3 Å². The van der Waals surface area contributed by atoms with Crippen LogP contribution in [0.1, 0.15) is 19.4 Å². The molecule has 0 amide bonds. The summed E-state index contributed by atoms with van der Waals surface area (Å²) in [6, 6.07) is 6.05. The van der Waals surface area contributed by atoms with Crippen molar-refractivity contribution < 1.29 is 9.84 Å². The predicted molar refractivity (Wildman–Crippen MR) is 74.6 cm³/mol. The monoisotopic (exact) mass is 269 g/mol. The Morgan fingerprint density at radius 2 is 2.00 bits per heavy atom. The van der Waals surface area contributed by atoms with Crippen molar-refractivity contribution in [3.05, 3.63) is 28.8 Å². The zero-order valence-electron chi connectivity index (χ0n) is 10.9. The Hall–Kier alpha value is -0.770. The Kier molecular flexibility index (Phi) is 4.15. The van der Waals surface area contributed by atoms with Gasteiger partial charge in [-0.05, 0) is 17.7 Å². The molecule has 1 N–H and O–H groups in total. The first kappa shape index (κ1) is 13.7. The molecule has 1 fully saturated rings. The number of hydrogen-bond acceptors (Lipinski definition) is 3. The maximum atomic E-state index is 9.39. The minimum atomic E-state index is -0.257. The van der Waals surface area contributed by atoms with Crippen LogP contribution in [0.25, 0.3) is 0 Å². The van der Waals surface area contributed by atoms with E-state index >= 15 is 0 Å². The fourth-order valence-electron chi connectivity index (χ4n) is 2.08. The second-order valence-electron chi connectivity index (χ2n) is 5.31. The molecule has 0 radical (unpaired) electrons. The van der Waals surface area contributed by atoms with Gasteiger partial charge < -0.3 is 14.7 Å². The van der Waals surface area contributed by atoms with Crippen LogP contribution in [0.5, 0.6) is 0 Å². The van der Waals surface area contributed by atoms with Gasteiger partial charge in [0.2, 0.25) is 0 Å². The smallest absolute Gasteiger partial charge is 0.0642 e. The van der Waals surface area contributed by atoms with Crippen molar-refractivity contribution in [2.75, 3.05) is 37.8 Å². The molecule has 1 aromatic carbocycles. The standard InChI is InChI=1S/C14H20ClNO2/c1-14(2,10-17)11-3-4-13(12(15)9-11)16-5-7-18-8-6-16/h3-4,9,17H,5-8,10H2,1-2H3. The van der Waals surface area contributed by atoms with Crippen molar-refractivity contribution in [2.24, 2.45) is 0 Å². The molecule has 0 aromatic heterocycles. The second-order valence-corrected chi connectivity index (χ2v) is 5.71. The summed E-state index contributed by atoms with van der Waals surface area (Å²) < 4.78 is 5.34. The minimum absolute atomic E-state index is 0.111. The van der Waals surface area contributed by atoms with Gasteiger partial charge in [0.15, 0.2) is 0 Å². The van der Waals surface area contributed by atoms with Crippen molar-refractivity contribution in [2.45, 2.75) is 19.3 Å². The quantitative estimate of drug-likeness (QED) is 0.915. The summed E-state index contributed by atoms with van der Waals surface area (Å²) in [5, 5.41) is 10.1. The summed E-state index contributed by atoms with van der Waals surface area (Å²) in [6.07, 6.45) is 0. The van der Waals surface area contributed by atoms with Crippen molar-refractivity contribution in [1.29, 1.82) is 0 Å². The molecule has 100 valence electrons. The highest BCUT2D eigenvalue weighted by atomic mass is 35.5. The van der Waals surface area contributed by atoms with E-state index in [1.165, 1.54) is 0 Å². The fourth-order valence-corrected chi connectivity index (χ4v) is 2.38. The normalized spacial score (nSPS) is 17.0. The van der Waals surface area contributed by atoms with E-state index in [2.05, 4.69) is 4.90 Å². The van der Waals surface area contributed by atoms with E-state index in [0.29, 0.717) is 0 Å². The largest absolute Gasteiger partial charge is 0.395 e. The van der Waals surface area contributed by atoms with Crippen LogP contribution < -0.4 is 4.90 Å². The average molecular weight is 270 g/mol. The van der Waals surface area contributed by atoms with Gasteiger partial charge in [0, 0.05) is 18.5 Å². The molecule has 0 bridgehead atoms. The van der Waals surface area contributed by atoms with Gasteiger partial charge in [-0.3, -0.25) is 0 Å². The van der Waals surface area contributed by atoms with Crippen LogP contribution in [0.4, 0.5) is 5.69 Å². The zero-order chi connectivity index (χ0) is 13.2. The molecule has 3 nitrogen and oxygen atoms in total. The van der Waals surface area contributed by atoms with E-state index < -0.39 is 0 Å². The molecule has 0 aliphatic carbocycles. The summed E-state index contributed by atoms with van der Waals surface area (Å²) >= 11 is 6.36. The molecular weight excluding hydrogens is 250 g/mol. The van der Waals surface area contributed by atoms with Gasteiger partial charge in [-0.15, -0.1) is 0 Å². The number of hydrogen-bond donors (Lipinski definition) is 1. The maximum absolute atomic E-state index is 9.39. The molecule has 1 heterocycles. The summed E-state index contributed by atoms with van der Waals surface area (Å²) in [4.78, 5) is 2.24. The van der Waals surface area contributed by atoms with Gasteiger partial charge in [-0.25, -0.2) is 0 Å². The zero-order valence-corrected chi connectivity index (χ0v) is 11.7. The molecular formula is C14H20ClNO2. The number of halogens is 1. The highest BCUT2D eigenvalue weighted by Crippen LogP contribution is 2.32. The van der Waals surface area contributed by atoms with Gasteiger partial charge in [0.05, 0.1) is 30.5 Å². The van der Waals surface area contributed by atoms with Crippen LogP contribution in [0.3, 0.4) is 0 Å². The topological polar surface area (TPSA) is 32.7 Å². The number of nitrogens with zero attached hydrogens (tertiary/aromatic N) is 1. The fraction of sp³-hybridized carbons (Fsp3) is 0.571. The van der Waals surface area contributed by atoms with Crippen LogP contribution >= 0.6 is 11.6 Å². The van der Waals surface area contributed by atoms with Crippen molar-refractivity contribution in [3.8, 4) is 0 Å². The summed E-state index contributed by atoms with van der Waals surface area (Å²) in [7, 11) is 0. The van der Waals surface area contributed by atoms with Crippen LogP contribution in [-0.2, 0) is 10.2 Å². The van der Waals surface area contributed by atoms with Crippen LogP contribution in [0.2, 0.25) is 5.02 Å². The Labute approximate surface area is 113 Å². The first-order valence-electron chi connectivity index (χ1n) is 6.28. The Bertz CT molecular complexity index is 414. The van der Waals surface area contributed by atoms with E-state index in [1.54, 1.807) is 0 Å². The lowest BCUT2D eigenvalue weighted by molar-refractivity contribution is 0.122. The molecule has 1 saturated heterocycles. The average Bonchev–Trinajstić information content (AvgIpc) is 2.39. The molecule has 18 heavy (non-hydrogen) atoms. The third-order valence-corrected chi connectivity index (χ3v) is 3.78. The van der Waals surface area contributed by atoms with Gasteiger partial charge in [-0.1, -0.05) is 31.5 Å². The summed E-state index contributed by atoms with van der Waals surface area (Å²) in [5.74, 6) is 0.